The third kappa shape index (κ3) is 3.08. The zero-order valence-corrected chi connectivity index (χ0v) is 14.1. The van der Waals surface area contributed by atoms with Crippen molar-refractivity contribution in [3.8, 4) is 0 Å². The number of fused-ring (bicyclic) bond motifs is 1. The van der Waals surface area contributed by atoms with Gasteiger partial charge in [-0.25, -0.2) is 9.97 Å². The molecule has 2 aromatic rings. The van der Waals surface area contributed by atoms with Crippen molar-refractivity contribution in [2.45, 2.75) is 51.6 Å². The van der Waals surface area contributed by atoms with Crippen molar-refractivity contribution in [2.24, 2.45) is 5.92 Å². The molecule has 1 atom stereocenters. The molecule has 0 radical (unpaired) electrons. The maximum atomic E-state index is 6.37. The van der Waals surface area contributed by atoms with Gasteiger partial charge in [-0.1, -0.05) is 37.8 Å². The van der Waals surface area contributed by atoms with E-state index in [-0.39, 0.29) is 6.10 Å². The maximum Gasteiger partial charge on any atom is 0.160 e. The van der Waals surface area contributed by atoms with Gasteiger partial charge in [-0.3, -0.25) is 0 Å². The summed E-state index contributed by atoms with van der Waals surface area (Å²) in [5.74, 6) is 1.27. The van der Waals surface area contributed by atoms with Crippen LogP contribution in [-0.2, 0) is 11.2 Å². The lowest BCUT2D eigenvalue weighted by molar-refractivity contribution is 0.0292. The van der Waals surface area contributed by atoms with E-state index in [2.05, 4.69) is 18.0 Å². The van der Waals surface area contributed by atoms with Crippen LogP contribution in [0.25, 0.3) is 10.2 Å². The van der Waals surface area contributed by atoms with E-state index in [1.165, 1.54) is 37.0 Å². The number of hydrogen-bond donors (Lipinski definition) is 0. The van der Waals surface area contributed by atoms with E-state index in [1.54, 1.807) is 18.4 Å². The number of aryl methyl sites for hydroxylation is 1. The molecule has 5 heteroatoms. The lowest BCUT2D eigenvalue weighted by Crippen LogP contribution is -2.20. The Morgan fingerprint density at radius 2 is 2.10 bits per heavy atom. The Labute approximate surface area is 134 Å². The van der Waals surface area contributed by atoms with E-state index < -0.39 is 0 Å². The maximum absolute atomic E-state index is 6.37. The molecule has 0 amide bonds. The van der Waals surface area contributed by atoms with Gasteiger partial charge in [-0.2, -0.15) is 0 Å². The van der Waals surface area contributed by atoms with Crippen molar-refractivity contribution in [2.75, 3.05) is 7.11 Å². The Balaban J connectivity index is 1.97. The molecule has 0 saturated heterocycles. The van der Waals surface area contributed by atoms with Crippen LogP contribution in [0.1, 0.15) is 55.8 Å². The first-order valence-electron chi connectivity index (χ1n) is 7.71. The number of ether oxygens (including phenoxy) is 1. The average Bonchev–Trinajstić information content (AvgIpc) is 2.93. The number of aromatic nitrogens is 2. The molecule has 21 heavy (non-hydrogen) atoms. The van der Waals surface area contributed by atoms with E-state index in [1.807, 2.05) is 0 Å². The number of thiophene rings is 1. The van der Waals surface area contributed by atoms with Crippen LogP contribution in [0, 0.1) is 5.92 Å². The molecule has 0 N–H and O–H groups in total. The molecule has 3 rings (SSSR count). The molecule has 1 saturated carbocycles. The molecule has 1 fully saturated rings. The fourth-order valence-corrected chi connectivity index (χ4v) is 4.46. The van der Waals surface area contributed by atoms with Crippen LogP contribution in [0.5, 0.6) is 0 Å². The number of halogens is 1. The van der Waals surface area contributed by atoms with Gasteiger partial charge in [0.1, 0.15) is 16.1 Å². The summed E-state index contributed by atoms with van der Waals surface area (Å²) in [4.78, 5) is 11.6. The van der Waals surface area contributed by atoms with E-state index in [9.17, 15) is 0 Å². The lowest BCUT2D eigenvalue weighted by Gasteiger charge is -2.28. The Morgan fingerprint density at radius 1 is 1.33 bits per heavy atom. The van der Waals surface area contributed by atoms with Crippen LogP contribution in [0.3, 0.4) is 0 Å². The summed E-state index contributed by atoms with van der Waals surface area (Å²) < 4.78 is 5.73. The number of methoxy groups -OCH3 is 1. The van der Waals surface area contributed by atoms with Crippen LogP contribution in [0.15, 0.2) is 6.07 Å². The summed E-state index contributed by atoms with van der Waals surface area (Å²) in [5, 5.41) is 1.53. The molecule has 1 aliphatic carbocycles. The summed E-state index contributed by atoms with van der Waals surface area (Å²) in [5.41, 5.74) is 0. The minimum absolute atomic E-state index is 0.0284. The summed E-state index contributed by atoms with van der Waals surface area (Å²) >= 11 is 8.08. The van der Waals surface area contributed by atoms with Crippen LogP contribution in [0.4, 0.5) is 0 Å². The minimum Gasteiger partial charge on any atom is -0.373 e. The molecule has 0 bridgehead atoms. The Hall–Kier alpha value is -0.710. The molecule has 0 aromatic carbocycles. The van der Waals surface area contributed by atoms with Crippen molar-refractivity contribution in [3.05, 3.63) is 21.9 Å². The minimum atomic E-state index is -0.0284. The van der Waals surface area contributed by atoms with Crippen LogP contribution in [0.2, 0.25) is 5.15 Å². The summed E-state index contributed by atoms with van der Waals surface area (Å²) in [6, 6.07) is 2.11. The zero-order chi connectivity index (χ0) is 14.8. The first-order chi connectivity index (χ1) is 10.2. The van der Waals surface area contributed by atoms with E-state index >= 15 is 0 Å². The van der Waals surface area contributed by atoms with Crippen LogP contribution < -0.4 is 0 Å². The third-order valence-electron chi connectivity index (χ3n) is 4.35. The molecule has 0 aliphatic heterocycles. The molecular weight excluding hydrogens is 304 g/mol. The molecule has 2 heterocycles. The average molecular weight is 325 g/mol. The molecule has 114 valence electrons. The van der Waals surface area contributed by atoms with E-state index in [0.29, 0.717) is 11.1 Å². The van der Waals surface area contributed by atoms with E-state index in [4.69, 9.17) is 21.3 Å². The first-order valence-corrected chi connectivity index (χ1v) is 8.91. The highest BCUT2D eigenvalue weighted by molar-refractivity contribution is 7.18. The van der Waals surface area contributed by atoms with Gasteiger partial charge in [0, 0.05) is 17.4 Å². The van der Waals surface area contributed by atoms with Gasteiger partial charge in [0.25, 0.3) is 0 Å². The fourth-order valence-electron chi connectivity index (χ4n) is 3.20. The first kappa shape index (κ1) is 15.2. The quantitative estimate of drug-likeness (QED) is 0.727. The number of rotatable bonds is 4. The van der Waals surface area contributed by atoms with Gasteiger partial charge in [0.05, 0.1) is 0 Å². The predicted octanol–water partition coefficient (Wildman–Crippen LogP) is 5.17. The topological polar surface area (TPSA) is 35.0 Å². The smallest absolute Gasteiger partial charge is 0.160 e. The molecule has 0 spiro atoms. The monoisotopic (exact) mass is 324 g/mol. The van der Waals surface area contributed by atoms with Crippen molar-refractivity contribution in [3.63, 3.8) is 0 Å². The Bertz CT molecular complexity index is 622. The van der Waals surface area contributed by atoms with Gasteiger partial charge in [-0.15, -0.1) is 11.3 Å². The zero-order valence-electron chi connectivity index (χ0n) is 12.6. The van der Waals surface area contributed by atoms with Gasteiger partial charge in [0.2, 0.25) is 0 Å². The number of hydrogen-bond acceptors (Lipinski definition) is 4. The van der Waals surface area contributed by atoms with Gasteiger partial charge in [-0.05, 0) is 31.2 Å². The van der Waals surface area contributed by atoms with Gasteiger partial charge < -0.3 is 4.74 Å². The highest BCUT2D eigenvalue weighted by Crippen LogP contribution is 2.37. The SMILES string of the molecule is CCc1cc2c(Cl)nc(C(OC)C3CCCCC3)nc2s1. The highest BCUT2D eigenvalue weighted by Gasteiger charge is 2.28. The fraction of sp³-hybridized carbons (Fsp3) is 0.625. The normalized spacial score (nSPS) is 18.2. The van der Waals surface area contributed by atoms with Crippen LogP contribution in [-0.4, -0.2) is 17.1 Å². The molecule has 1 aliphatic rings. The predicted molar refractivity (Wildman–Crippen MR) is 88.1 cm³/mol. The second-order valence-corrected chi connectivity index (χ2v) is 7.19. The van der Waals surface area contributed by atoms with Crippen molar-refractivity contribution in [1.82, 2.24) is 9.97 Å². The lowest BCUT2D eigenvalue weighted by atomic mass is 9.85. The molecular formula is C16H21ClN2OS. The summed E-state index contributed by atoms with van der Waals surface area (Å²) in [6.45, 7) is 2.15. The second kappa shape index (κ2) is 6.59. The molecule has 1 unspecified atom stereocenters. The van der Waals surface area contributed by atoms with Gasteiger partial charge >= 0.3 is 0 Å². The van der Waals surface area contributed by atoms with Crippen molar-refractivity contribution < 1.29 is 4.74 Å². The number of nitrogens with zero attached hydrogens (tertiary/aromatic N) is 2. The third-order valence-corrected chi connectivity index (χ3v) is 5.81. The summed E-state index contributed by atoms with van der Waals surface area (Å²) in [7, 11) is 1.76. The Morgan fingerprint density at radius 3 is 2.76 bits per heavy atom. The summed E-state index contributed by atoms with van der Waals surface area (Å²) in [6.07, 6.45) is 7.25. The standard InChI is InChI=1S/C16H21ClN2OS/c1-3-11-9-12-14(17)18-15(19-16(12)21-11)13(20-2)10-7-5-4-6-8-10/h9-10,13H,3-8H2,1-2H3. The molecule has 3 nitrogen and oxygen atoms in total. The largest absolute Gasteiger partial charge is 0.373 e. The second-order valence-electron chi connectivity index (χ2n) is 5.71. The Kier molecular flexibility index (Phi) is 4.77. The van der Waals surface area contributed by atoms with E-state index in [0.717, 1.165) is 22.5 Å². The van der Waals surface area contributed by atoms with Crippen molar-refractivity contribution >= 4 is 33.2 Å². The van der Waals surface area contributed by atoms with Crippen LogP contribution >= 0.6 is 22.9 Å². The molecule has 2 aromatic heterocycles. The van der Waals surface area contributed by atoms with Crippen molar-refractivity contribution in [1.29, 1.82) is 0 Å². The highest BCUT2D eigenvalue weighted by atomic mass is 35.5. The van der Waals surface area contributed by atoms with Gasteiger partial charge in [0.15, 0.2) is 5.82 Å².